The first-order chi connectivity index (χ1) is 16.3. The van der Waals surface area contributed by atoms with E-state index in [2.05, 4.69) is 17.5 Å². The van der Waals surface area contributed by atoms with Gasteiger partial charge in [-0.2, -0.15) is 0 Å². The van der Waals surface area contributed by atoms with Gasteiger partial charge in [0.15, 0.2) is 5.41 Å². The number of methoxy groups -OCH3 is 3. The van der Waals surface area contributed by atoms with Gasteiger partial charge in [-0.15, -0.1) is 0 Å². The van der Waals surface area contributed by atoms with E-state index in [4.69, 9.17) is 18.6 Å². The van der Waals surface area contributed by atoms with Crippen molar-refractivity contribution in [2.24, 2.45) is 11.3 Å². The van der Waals surface area contributed by atoms with Crippen LogP contribution in [0.15, 0.2) is 70.4 Å². The smallest absolute Gasteiger partial charge is 0.323 e. The zero-order valence-electron chi connectivity index (χ0n) is 20.4. The average molecular weight is 468 g/mol. The normalized spacial score (nSPS) is 17.9. The Morgan fingerprint density at radius 3 is 2.32 bits per heavy atom. The van der Waals surface area contributed by atoms with E-state index in [1.807, 2.05) is 50.2 Å². The lowest BCUT2D eigenvalue weighted by Gasteiger charge is -2.22. The highest BCUT2D eigenvalue weighted by Gasteiger charge is 2.55. The molecular weight excluding hydrogens is 434 g/mol. The first-order valence-corrected chi connectivity index (χ1v) is 11.3. The van der Waals surface area contributed by atoms with Crippen LogP contribution in [0.4, 0.5) is 5.69 Å². The first kappa shape index (κ1) is 25.1. The van der Waals surface area contributed by atoms with Crippen molar-refractivity contribution in [3.63, 3.8) is 0 Å². The molecule has 1 saturated carbocycles. The number of nitrogens with one attached hydrogen (secondary N) is 1. The van der Waals surface area contributed by atoms with Gasteiger partial charge >= 0.3 is 11.9 Å². The summed E-state index contributed by atoms with van der Waals surface area (Å²) in [6.45, 7) is 4.00. The molecule has 0 spiro atoms. The molecule has 3 rings (SSSR count). The quantitative estimate of drug-likeness (QED) is 0.297. The molecule has 2 aromatic rings. The van der Waals surface area contributed by atoms with Gasteiger partial charge in [-0.25, -0.2) is 0 Å². The van der Waals surface area contributed by atoms with Crippen molar-refractivity contribution in [2.45, 2.75) is 39.2 Å². The number of hydrogen-bond donors (Lipinski definition) is 1. The maximum absolute atomic E-state index is 12.6. The van der Waals surface area contributed by atoms with Gasteiger partial charge in [0.2, 0.25) is 0 Å². The number of benzene rings is 1. The Morgan fingerprint density at radius 2 is 1.79 bits per heavy atom. The summed E-state index contributed by atoms with van der Waals surface area (Å²) in [6.07, 6.45) is 7.07. The molecule has 7 nitrogen and oxygen atoms in total. The molecule has 0 bridgehead atoms. The number of esters is 2. The van der Waals surface area contributed by atoms with E-state index >= 15 is 0 Å². The van der Waals surface area contributed by atoms with E-state index in [0.717, 1.165) is 28.3 Å². The molecular formula is C27H33NO6. The van der Waals surface area contributed by atoms with Crippen molar-refractivity contribution in [1.82, 2.24) is 0 Å². The molecule has 1 fully saturated rings. The lowest BCUT2D eigenvalue weighted by atomic mass is 9.85. The number of rotatable bonds is 9. The number of allylic oxidation sites excluding steroid dienone is 3. The summed E-state index contributed by atoms with van der Waals surface area (Å²) in [5, 5.41) is 3.50. The summed E-state index contributed by atoms with van der Waals surface area (Å²) in [7, 11) is 4.24. The standard InChI is InChI=1S/C27H33NO6/c1-18(2)22-17-27(25(29)32-4,26(30)33-5)16-19(22)8-6-9-23(24-10-7-15-34-24)28-20-11-13-21(31-3)14-12-20/h6-8,10-15,19,23,28H,9,16-17H2,1-5H3/b8-6+/t19-,23-/m0/s1. The second kappa shape index (κ2) is 11.1. The van der Waals surface area contributed by atoms with Crippen molar-refractivity contribution in [1.29, 1.82) is 0 Å². The molecule has 0 amide bonds. The molecule has 0 radical (unpaired) electrons. The molecule has 34 heavy (non-hydrogen) atoms. The number of carbonyl (C=O) groups excluding carboxylic acids is 2. The zero-order valence-corrected chi connectivity index (χ0v) is 20.4. The predicted octanol–water partition coefficient (Wildman–Crippen LogP) is 5.47. The van der Waals surface area contributed by atoms with Crippen LogP contribution in [0.3, 0.4) is 0 Å². The third kappa shape index (κ3) is 5.35. The minimum Gasteiger partial charge on any atom is -0.497 e. The van der Waals surface area contributed by atoms with E-state index in [-0.39, 0.29) is 12.0 Å². The summed E-state index contributed by atoms with van der Waals surface area (Å²) in [4.78, 5) is 25.3. The van der Waals surface area contributed by atoms with Crippen LogP contribution in [-0.4, -0.2) is 33.3 Å². The fourth-order valence-electron chi connectivity index (χ4n) is 4.55. The Labute approximate surface area is 200 Å². The summed E-state index contributed by atoms with van der Waals surface area (Å²) < 4.78 is 20.9. The maximum atomic E-state index is 12.6. The van der Waals surface area contributed by atoms with E-state index in [1.54, 1.807) is 13.4 Å². The van der Waals surface area contributed by atoms with Gasteiger partial charge in [-0.05, 0) is 75.4 Å². The third-order valence-electron chi connectivity index (χ3n) is 6.36. The van der Waals surface area contributed by atoms with Gasteiger partial charge in [0.1, 0.15) is 11.5 Å². The number of ether oxygens (including phenoxy) is 3. The van der Waals surface area contributed by atoms with Crippen LogP contribution in [-0.2, 0) is 19.1 Å². The highest BCUT2D eigenvalue weighted by Crippen LogP contribution is 2.49. The second-order valence-electron chi connectivity index (χ2n) is 8.68. The molecule has 1 aliphatic rings. The molecule has 182 valence electrons. The van der Waals surface area contributed by atoms with E-state index < -0.39 is 17.4 Å². The molecule has 1 heterocycles. The topological polar surface area (TPSA) is 87.0 Å². The average Bonchev–Trinajstić information content (AvgIpc) is 3.52. The molecule has 1 aromatic carbocycles. The van der Waals surface area contributed by atoms with Crippen molar-refractivity contribution >= 4 is 17.6 Å². The van der Waals surface area contributed by atoms with E-state index in [9.17, 15) is 9.59 Å². The first-order valence-electron chi connectivity index (χ1n) is 11.3. The molecule has 7 heteroatoms. The van der Waals surface area contributed by atoms with Crippen LogP contribution in [0.1, 0.15) is 44.9 Å². The fraction of sp³-hybridized carbons (Fsp3) is 0.407. The number of carbonyl (C=O) groups is 2. The lowest BCUT2D eigenvalue weighted by molar-refractivity contribution is -0.168. The SMILES string of the molecule is COC(=O)C1(C(=O)OC)CC(=C(C)C)[C@@H](/C=C/C[C@H](Nc2ccc(OC)cc2)c2ccco2)C1. The highest BCUT2D eigenvalue weighted by molar-refractivity contribution is 6.01. The Bertz CT molecular complexity index is 1020. The Kier molecular flexibility index (Phi) is 8.21. The molecule has 0 aliphatic heterocycles. The number of hydrogen-bond acceptors (Lipinski definition) is 7. The molecule has 0 saturated heterocycles. The van der Waals surface area contributed by atoms with Crippen LogP contribution in [0.5, 0.6) is 5.75 Å². The molecule has 0 unspecified atom stereocenters. The van der Waals surface area contributed by atoms with Gasteiger partial charge in [0.05, 0.1) is 33.6 Å². The molecule has 1 aliphatic carbocycles. The summed E-state index contributed by atoms with van der Waals surface area (Å²) in [6, 6.07) is 11.4. The van der Waals surface area contributed by atoms with Crippen LogP contribution in [0, 0.1) is 11.3 Å². The minimum atomic E-state index is -1.31. The van der Waals surface area contributed by atoms with Crippen LogP contribution >= 0.6 is 0 Å². The fourth-order valence-corrected chi connectivity index (χ4v) is 4.55. The van der Waals surface area contributed by atoms with Crippen LogP contribution < -0.4 is 10.1 Å². The van der Waals surface area contributed by atoms with Gasteiger partial charge < -0.3 is 23.9 Å². The zero-order chi connectivity index (χ0) is 24.7. The molecule has 1 aromatic heterocycles. The van der Waals surface area contributed by atoms with Crippen LogP contribution in [0.2, 0.25) is 0 Å². The van der Waals surface area contributed by atoms with E-state index in [1.165, 1.54) is 14.2 Å². The van der Waals surface area contributed by atoms with Crippen molar-refractivity contribution in [2.75, 3.05) is 26.6 Å². The summed E-state index contributed by atoms with van der Waals surface area (Å²) >= 11 is 0. The number of furan rings is 1. The van der Waals surface area contributed by atoms with Crippen molar-refractivity contribution in [3.05, 3.63) is 71.7 Å². The highest BCUT2D eigenvalue weighted by atomic mass is 16.5. The minimum absolute atomic E-state index is 0.0681. The van der Waals surface area contributed by atoms with E-state index in [0.29, 0.717) is 19.3 Å². The summed E-state index contributed by atoms with van der Waals surface area (Å²) in [5.74, 6) is 0.427. The largest absolute Gasteiger partial charge is 0.497 e. The van der Waals surface area contributed by atoms with Gasteiger partial charge in [0.25, 0.3) is 0 Å². The Morgan fingerprint density at radius 1 is 1.12 bits per heavy atom. The van der Waals surface area contributed by atoms with Gasteiger partial charge in [-0.1, -0.05) is 23.3 Å². The lowest BCUT2D eigenvalue weighted by Crippen LogP contribution is -2.39. The van der Waals surface area contributed by atoms with Gasteiger partial charge in [-0.3, -0.25) is 9.59 Å². The molecule has 1 N–H and O–H groups in total. The monoisotopic (exact) mass is 467 g/mol. The maximum Gasteiger partial charge on any atom is 0.323 e. The predicted molar refractivity (Wildman–Crippen MR) is 129 cm³/mol. The van der Waals surface area contributed by atoms with Gasteiger partial charge in [0, 0.05) is 5.69 Å². The molecule has 2 atom stereocenters. The third-order valence-corrected chi connectivity index (χ3v) is 6.36. The van der Waals surface area contributed by atoms with Crippen LogP contribution in [0.25, 0.3) is 0 Å². The van der Waals surface area contributed by atoms with Crippen molar-refractivity contribution < 1.29 is 28.2 Å². The summed E-state index contributed by atoms with van der Waals surface area (Å²) in [5.41, 5.74) is 1.78. The number of anilines is 1. The van der Waals surface area contributed by atoms with Crippen molar-refractivity contribution in [3.8, 4) is 5.75 Å². The Hall–Kier alpha value is -3.48. The second-order valence-corrected chi connectivity index (χ2v) is 8.68. The Balaban J connectivity index is 1.81.